The highest BCUT2D eigenvalue weighted by Gasteiger charge is 2.19. The summed E-state index contributed by atoms with van der Waals surface area (Å²) in [5, 5.41) is 11.3. The molecule has 6 nitrogen and oxygen atoms in total. The summed E-state index contributed by atoms with van der Waals surface area (Å²) in [6, 6.07) is 6.15. The van der Waals surface area contributed by atoms with Crippen LogP contribution in [0.5, 0.6) is 11.6 Å². The molecule has 7 heteroatoms. The normalized spacial score (nSPS) is 10.7. The molecule has 0 aliphatic rings. The Morgan fingerprint density at radius 1 is 1.33 bits per heavy atom. The molecule has 0 spiro atoms. The van der Waals surface area contributed by atoms with Crippen LogP contribution in [0.15, 0.2) is 24.3 Å². The first kappa shape index (κ1) is 15.2. The molecule has 0 fully saturated rings. The van der Waals surface area contributed by atoms with Gasteiger partial charge in [0.15, 0.2) is 0 Å². The Hall–Kier alpha value is -2.21. The first-order valence-electron chi connectivity index (χ1n) is 6.35. The van der Waals surface area contributed by atoms with Crippen LogP contribution in [0.4, 0.5) is 5.69 Å². The fourth-order valence-corrected chi connectivity index (χ4v) is 1.92. The van der Waals surface area contributed by atoms with Gasteiger partial charge in [0.05, 0.1) is 4.92 Å². The highest BCUT2D eigenvalue weighted by molar-refractivity contribution is 6.29. The van der Waals surface area contributed by atoms with Gasteiger partial charge in [-0.25, -0.2) is 4.98 Å². The summed E-state index contributed by atoms with van der Waals surface area (Å²) in [6.45, 7) is 5.58. The van der Waals surface area contributed by atoms with Crippen molar-refractivity contribution in [3.05, 3.63) is 50.9 Å². The SMILES string of the molecule is Cc1cccc([N+](=O)[O-])c1Oc1cc(Cl)nc(C(C)C)n1. The molecule has 0 saturated carbocycles. The monoisotopic (exact) mass is 307 g/mol. The van der Waals surface area contributed by atoms with Gasteiger partial charge < -0.3 is 4.74 Å². The molecule has 0 aliphatic carbocycles. The number of hydrogen-bond acceptors (Lipinski definition) is 5. The largest absolute Gasteiger partial charge is 0.431 e. The van der Waals surface area contributed by atoms with Crippen LogP contribution in [0.3, 0.4) is 0 Å². The van der Waals surface area contributed by atoms with E-state index < -0.39 is 4.92 Å². The van der Waals surface area contributed by atoms with Gasteiger partial charge in [-0.3, -0.25) is 10.1 Å². The van der Waals surface area contributed by atoms with Crippen LogP contribution in [-0.4, -0.2) is 14.9 Å². The van der Waals surface area contributed by atoms with Gasteiger partial charge in [-0.1, -0.05) is 37.6 Å². The van der Waals surface area contributed by atoms with Crippen molar-refractivity contribution in [2.24, 2.45) is 0 Å². The Kier molecular flexibility index (Phi) is 4.37. The maximum absolute atomic E-state index is 11.1. The fraction of sp³-hybridized carbons (Fsp3) is 0.286. The van der Waals surface area contributed by atoms with E-state index in [0.29, 0.717) is 11.4 Å². The van der Waals surface area contributed by atoms with E-state index in [2.05, 4.69) is 9.97 Å². The summed E-state index contributed by atoms with van der Waals surface area (Å²) >= 11 is 5.94. The zero-order valence-electron chi connectivity index (χ0n) is 11.8. The van der Waals surface area contributed by atoms with Gasteiger partial charge in [-0.15, -0.1) is 0 Å². The lowest BCUT2D eigenvalue weighted by Crippen LogP contribution is -2.01. The molecule has 0 bridgehead atoms. The van der Waals surface area contributed by atoms with E-state index in [1.807, 2.05) is 13.8 Å². The van der Waals surface area contributed by atoms with Gasteiger partial charge in [0, 0.05) is 18.1 Å². The van der Waals surface area contributed by atoms with E-state index in [1.165, 1.54) is 12.1 Å². The average molecular weight is 308 g/mol. The number of nitro groups is 1. The summed E-state index contributed by atoms with van der Waals surface area (Å²) in [5.41, 5.74) is 0.529. The highest BCUT2D eigenvalue weighted by Crippen LogP contribution is 2.34. The third-order valence-corrected chi connectivity index (χ3v) is 2.99. The first-order chi connectivity index (χ1) is 9.88. The molecule has 0 N–H and O–H groups in total. The second-order valence-electron chi connectivity index (χ2n) is 4.82. The molecule has 110 valence electrons. The molecule has 0 amide bonds. The second kappa shape index (κ2) is 6.05. The van der Waals surface area contributed by atoms with Gasteiger partial charge in [-0.2, -0.15) is 4.98 Å². The lowest BCUT2D eigenvalue weighted by molar-refractivity contribution is -0.385. The maximum Gasteiger partial charge on any atom is 0.311 e. The summed E-state index contributed by atoms with van der Waals surface area (Å²) in [5.74, 6) is 0.940. The molecule has 1 aromatic carbocycles. The number of benzene rings is 1. The molecule has 21 heavy (non-hydrogen) atoms. The van der Waals surface area contributed by atoms with Crippen molar-refractivity contribution in [1.82, 2.24) is 9.97 Å². The zero-order valence-corrected chi connectivity index (χ0v) is 12.6. The Labute approximate surface area is 126 Å². The summed E-state index contributed by atoms with van der Waals surface area (Å²) in [7, 11) is 0. The van der Waals surface area contributed by atoms with Crippen LogP contribution in [0.2, 0.25) is 5.15 Å². The molecule has 0 saturated heterocycles. The van der Waals surface area contributed by atoms with Gasteiger partial charge in [0.25, 0.3) is 0 Å². The summed E-state index contributed by atoms with van der Waals surface area (Å²) in [4.78, 5) is 18.9. The number of ether oxygens (including phenoxy) is 1. The smallest absolute Gasteiger partial charge is 0.311 e. The molecule has 1 aromatic heterocycles. The molecular formula is C14H14ClN3O3. The molecular weight excluding hydrogens is 294 g/mol. The molecule has 0 aliphatic heterocycles. The molecule has 1 heterocycles. The van der Waals surface area contributed by atoms with Crippen molar-refractivity contribution in [1.29, 1.82) is 0 Å². The van der Waals surface area contributed by atoms with Crippen LogP contribution >= 0.6 is 11.6 Å². The van der Waals surface area contributed by atoms with Crippen molar-refractivity contribution in [2.75, 3.05) is 0 Å². The van der Waals surface area contributed by atoms with Gasteiger partial charge >= 0.3 is 5.69 Å². The van der Waals surface area contributed by atoms with Crippen molar-refractivity contribution < 1.29 is 9.66 Å². The molecule has 0 atom stereocenters. The minimum absolute atomic E-state index is 0.0675. The number of rotatable bonds is 4. The molecule has 0 unspecified atom stereocenters. The van der Waals surface area contributed by atoms with Gasteiger partial charge in [-0.05, 0) is 12.5 Å². The fourth-order valence-electron chi connectivity index (χ4n) is 1.74. The number of nitrogens with zero attached hydrogens (tertiary/aromatic N) is 3. The van der Waals surface area contributed by atoms with E-state index in [-0.39, 0.29) is 28.4 Å². The first-order valence-corrected chi connectivity index (χ1v) is 6.72. The molecule has 0 radical (unpaired) electrons. The predicted molar refractivity (Wildman–Crippen MR) is 79.0 cm³/mol. The topological polar surface area (TPSA) is 78.2 Å². The van der Waals surface area contributed by atoms with E-state index >= 15 is 0 Å². The van der Waals surface area contributed by atoms with Gasteiger partial charge in [0.1, 0.15) is 11.0 Å². The Bertz CT molecular complexity index is 689. The quantitative estimate of drug-likeness (QED) is 0.479. The van der Waals surface area contributed by atoms with Crippen LogP contribution in [0, 0.1) is 17.0 Å². The third-order valence-electron chi connectivity index (χ3n) is 2.80. The van der Waals surface area contributed by atoms with E-state index in [4.69, 9.17) is 16.3 Å². The number of aryl methyl sites for hydroxylation is 1. The maximum atomic E-state index is 11.1. The Morgan fingerprint density at radius 2 is 2.05 bits per heavy atom. The molecule has 2 rings (SSSR count). The van der Waals surface area contributed by atoms with Crippen LogP contribution in [-0.2, 0) is 0 Å². The number of hydrogen-bond donors (Lipinski definition) is 0. The second-order valence-corrected chi connectivity index (χ2v) is 5.21. The number of aromatic nitrogens is 2. The lowest BCUT2D eigenvalue weighted by Gasteiger charge is -2.10. The van der Waals surface area contributed by atoms with Crippen molar-refractivity contribution in [3.8, 4) is 11.6 Å². The highest BCUT2D eigenvalue weighted by atomic mass is 35.5. The zero-order chi connectivity index (χ0) is 15.6. The summed E-state index contributed by atoms with van der Waals surface area (Å²) < 4.78 is 5.60. The van der Waals surface area contributed by atoms with Crippen LogP contribution in [0.25, 0.3) is 0 Å². The van der Waals surface area contributed by atoms with Crippen molar-refractivity contribution >= 4 is 17.3 Å². The Morgan fingerprint density at radius 3 is 2.67 bits per heavy atom. The predicted octanol–water partition coefficient (Wildman–Crippen LogP) is 4.26. The standard InChI is InChI=1S/C14H14ClN3O3/c1-8(2)14-16-11(15)7-12(17-14)21-13-9(3)5-4-6-10(13)18(19)20/h4-8H,1-3H3. The van der Waals surface area contributed by atoms with E-state index in [0.717, 1.165) is 0 Å². The molecule has 2 aromatic rings. The van der Waals surface area contributed by atoms with Crippen molar-refractivity contribution in [2.45, 2.75) is 26.7 Å². The van der Waals surface area contributed by atoms with Gasteiger partial charge in [0.2, 0.25) is 11.6 Å². The van der Waals surface area contributed by atoms with Crippen molar-refractivity contribution in [3.63, 3.8) is 0 Å². The number of nitro benzene ring substituents is 1. The van der Waals surface area contributed by atoms with Crippen LogP contribution in [0.1, 0.15) is 31.2 Å². The minimum Gasteiger partial charge on any atom is -0.431 e. The number of halogens is 1. The van der Waals surface area contributed by atoms with E-state index in [9.17, 15) is 10.1 Å². The lowest BCUT2D eigenvalue weighted by atomic mass is 10.2. The van der Waals surface area contributed by atoms with E-state index in [1.54, 1.807) is 19.1 Å². The third kappa shape index (κ3) is 3.46. The minimum atomic E-state index is -0.492. The number of para-hydroxylation sites is 1. The summed E-state index contributed by atoms with van der Waals surface area (Å²) in [6.07, 6.45) is 0. The Balaban J connectivity index is 2.45. The average Bonchev–Trinajstić information content (AvgIpc) is 2.40. The van der Waals surface area contributed by atoms with Crippen LogP contribution < -0.4 is 4.74 Å².